The molecule has 0 N–H and O–H groups in total. The van der Waals surface area contributed by atoms with Gasteiger partial charge in [0.05, 0.1) is 16.7 Å². The van der Waals surface area contributed by atoms with E-state index < -0.39 is 14.2 Å². The van der Waals surface area contributed by atoms with Crippen molar-refractivity contribution in [1.82, 2.24) is 14.5 Å². The second-order valence-corrected chi connectivity index (χ2v) is 18.4. The first kappa shape index (κ1) is 33.3. The van der Waals surface area contributed by atoms with Crippen molar-refractivity contribution in [3.8, 4) is 11.4 Å². The number of imidazole rings is 1. The first-order chi connectivity index (χ1) is 28.1. The predicted molar refractivity (Wildman–Crippen MR) is 232 cm³/mol. The van der Waals surface area contributed by atoms with Crippen LogP contribution in [0.3, 0.4) is 0 Å². The molecule has 0 amide bonds. The number of rotatable bonds is 6. The third-order valence-electron chi connectivity index (χ3n) is 11.6. The highest BCUT2D eigenvalue weighted by molar-refractivity contribution is 7.21. The van der Waals surface area contributed by atoms with Crippen molar-refractivity contribution in [3.63, 3.8) is 0 Å². The number of aromatic nitrogens is 3. The molecule has 0 fully saturated rings. The highest BCUT2D eigenvalue weighted by atomic mass is 28.3. The van der Waals surface area contributed by atoms with Gasteiger partial charge >= 0.3 is 0 Å². The summed E-state index contributed by atoms with van der Waals surface area (Å²) in [4.78, 5) is 12.3. The van der Waals surface area contributed by atoms with Crippen LogP contribution < -0.4 is 25.6 Å². The maximum absolute atomic E-state index is 17.1. The van der Waals surface area contributed by atoms with Crippen LogP contribution >= 0.6 is 0 Å². The minimum absolute atomic E-state index is 0.547. The molecule has 272 valence electrons. The van der Waals surface area contributed by atoms with Gasteiger partial charge in [-0.15, -0.1) is 0 Å². The van der Waals surface area contributed by atoms with Crippen LogP contribution in [0, 0.1) is 0 Å². The molecule has 0 spiro atoms. The molecule has 1 atom stereocenters. The van der Waals surface area contributed by atoms with Gasteiger partial charge in [-0.25, -0.2) is 14.4 Å². The van der Waals surface area contributed by atoms with Gasteiger partial charge in [0.1, 0.15) is 17.2 Å². The Labute approximate surface area is 330 Å². The summed E-state index contributed by atoms with van der Waals surface area (Å²) >= 11 is 0. The lowest BCUT2D eigenvalue weighted by Gasteiger charge is -2.44. The number of furan rings is 1. The zero-order chi connectivity index (χ0) is 38.1. The summed E-state index contributed by atoms with van der Waals surface area (Å²) in [6.45, 7) is 0. The van der Waals surface area contributed by atoms with Crippen molar-refractivity contribution >= 4 is 79.0 Å². The van der Waals surface area contributed by atoms with Gasteiger partial charge in [-0.2, -0.15) is 0 Å². The molecular weight excluding hydrogens is 720 g/mol. The smallest absolute Gasteiger partial charge is 0.186 e. The SMILES string of the molecule is Cn1c(-c2cccc(C(F)c3cccc(N4c5ncccc5[Si](c5ccccc5)(c5ccccc5)c5ccc6c(oc7ccccc76)c54)c3)c2)nc2ccccc21. The lowest BCUT2D eigenvalue weighted by atomic mass is 9.99. The van der Waals surface area contributed by atoms with Crippen molar-refractivity contribution < 1.29 is 8.81 Å². The lowest BCUT2D eigenvalue weighted by molar-refractivity contribution is 0.402. The van der Waals surface area contributed by atoms with Gasteiger partial charge < -0.3 is 8.98 Å². The topological polar surface area (TPSA) is 47.1 Å². The Bertz CT molecular complexity index is 3100. The fourth-order valence-electron chi connectivity index (χ4n) is 9.09. The average molecular weight is 755 g/mol. The highest BCUT2D eigenvalue weighted by Gasteiger charge is 2.50. The molecule has 0 aliphatic carbocycles. The number of hydrogen-bond acceptors (Lipinski definition) is 4. The molecule has 0 radical (unpaired) electrons. The lowest BCUT2D eigenvalue weighted by Crippen LogP contribution is -2.77. The van der Waals surface area contributed by atoms with Crippen molar-refractivity contribution in [2.75, 3.05) is 4.90 Å². The van der Waals surface area contributed by atoms with Crippen LogP contribution in [0.5, 0.6) is 0 Å². The Morgan fingerprint density at radius 3 is 2.11 bits per heavy atom. The molecule has 7 heteroatoms. The standard InChI is InChI=1S/C50H35FN4OSi/c1-54-42-25-10-9-24-41(42)53-49(54)35-17-12-15-33(31-35)46(51)34-16-13-18-36(32-34)55-47-44(29-28-40-39-23-8-11-26-43(39)56-48(40)47)57(37-19-4-2-5-20-37,38-21-6-3-7-22-38)45-27-14-30-52-50(45)55/h2-32,46H,1H3. The zero-order valence-corrected chi connectivity index (χ0v) is 32.1. The molecule has 5 nitrogen and oxygen atoms in total. The Balaban J connectivity index is 1.13. The van der Waals surface area contributed by atoms with E-state index in [0.29, 0.717) is 11.1 Å². The van der Waals surface area contributed by atoms with Crippen LogP contribution in [0.2, 0.25) is 0 Å². The van der Waals surface area contributed by atoms with E-state index in [0.717, 1.165) is 66.7 Å². The number of anilines is 3. The van der Waals surface area contributed by atoms with E-state index in [1.54, 1.807) is 0 Å². The molecule has 1 unspecified atom stereocenters. The maximum atomic E-state index is 17.1. The Kier molecular flexibility index (Phi) is 7.59. The van der Waals surface area contributed by atoms with Crippen molar-refractivity contribution in [2.45, 2.75) is 6.17 Å². The first-order valence-corrected chi connectivity index (χ1v) is 21.2. The summed E-state index contributed by atoms with van der Waals surface area (Å²) in [6, 6.07) is 62.3. The molecule has 1 aliphatic heterocycles. The number of benzene rings is 7. The normalized spacial score (nSPS) is 13.8. The summed E-state index contributed by atoms with van der Waals surface area (Å²) in [5.74, 6) is 1.61. The van der Waals surface area contributed by atoms with E-state index in [2.05, 4.69) is 107 Å². The molecule has 0 saturated heterocycles. The van der Waals surface area contributed by atoms with Crippen molar-refractivity contribution in [2.24, 2.45) is 7.05 Å². The van der Waals surface area contributed by atoms with Crippen LogP contribution in [0.15, 0.2) is 193 Å². The zero-order valence-electron chi connectivity index (χ0n) is 31.1. The Morgan fingerprint density at radius 1 is 0.614 bits per heavy atom. The van der Waals surface area contributed by atoms with Crippen LogP contribution in [0.4, 0.5) is 21.6 Å². The Hall–Kier alpha value is -7.09. The number of fused-ring (bicyclic) bond motifs is 7. The van der Waals surface area contributed by atoms with Gasteiger partial charge in [0.25, 0.3) is 0 Å². The van der Waals surface area contributed by atoms with Crippen LogP contribution in [0.1, 0.15) is 17.3 Å². The average Bonchev–Trinajstić information content (AvgIpc) is 3.83. The predicted octanol–water partition coefficient (Wildman–Crippen LogP) is 9.75. The molecule has 10 aromatic rings. The number of pyridine rings is 1. The second-order valence-electron chi connectivity index (χ2n) is 14.7. The van der Waals surface area contributed by atoms with Crippen LogP contribution in [-0.4, -0.2) is 22.6 Å². The van der Waals surface area contributed by atoms with Gasteiger partial charge in [-0.1, -0.05) is 140 Å². The number of hydrogen-bond donors (Lipinski definition) is 0. The summed E-state index contributed by atoms with van der Waals surface area (Å²) < 4.78 is 26.0. The van der Waals surface area contributed by atoms with Gasteiger partial charge in [0.2, 0.25) is 0 Å². The minimum Gasteiger partial charge on any atom is -0.454 e. The largest absolute Gasteiger partial charge is 0.454 e. The highest BCUT2D eigenvalue weighted by Crippen LogP contribution is 2.44. The van der Waals surface area contributed by atoms with Gasteiger partial charge in [0, 0.05) is 35.3 Å². The molecule has 0 saturated carbocycles. The third-order valence-corrected chi connectivity index (χ3v) is 16.4. The van der Waals surface area contributed by atoms with Crippen LogP contribution in [0.25, 0.3) is 44.4 Å². The molecule has 7 aromatic carbocycles. The van der Waals surface area contributed by atoms with Crippen molar-refractivity contribution in [1.29, 1.82) is 0 Å². The van der Waals surface area contributed by atoms with E-state index in [1.807, 2.05) is 98.2 Å². The number of para-hydroxylation sites is 3. The Morgan fingerprint density at radius 2 is 1.32 bits per heavy atom. The summed E-state index contributed by atoms with van der Waals surface area (Å²) in [7, 11) is -1.00. The molecule has 11 rings (SSSR count). The van der Waals surface area contributed by atoms with E-state index in [4.69, 9.17) is 14.4 Å². The summed E-state index contributed by atoms with van der Waals surface area (Å²) in [5, 5.41) is 6.91. The molecule has 3 aromatic heterocycles. The number of alkyl halides is 1. The van der Waals surface area contributed by atoms with Crippen LogP contribution in [-0.2, 0) is 7.05 Å². The molecule has 0 bridgehead atoms. The number of nitrogens with zero attached hydrogens (tertiary/aromatic N) is 4. The maximum Gasteiger partial charge on any atom is 0.186 e. The third kappa shape index (κ3) is 4.99. The van der Waals surface area contributed by atoms with E-state index in [-0.39, 0.29) is 0 Å². The van der Waals surface area contributed by atoms with Gasteiger partial charge in [-0.05, 0) is 74.3 Å². The minimum atomic E-state index is -3.01. The molecular formula is C50H35FN4OSi. The van der Waals surface area contributed by atoms with Crippen molar-refractivity contribution in [3.05, 3.63) is 199 Å². The second kappa shape index (κ2) is 13.0. The van der Waals surface area contributed by atoms with E-state index in [9.17, 15) is 0 Å². The fraction of sp³-hybridized carbons (Fsp3) is 0.0400. The van der Waals surface area contributed by atoms with E-state index >= 15 is 4.39 Å². The number of halogens is 1. The fourth-order valence-corrected chi connectivity index (χ4v) is 14.1. The van der Waals surface area contributed by atoms with E-state index in [1.165, 1.54) is 15.6 Å². The monoisotopic (exact) mass is 754 g/mol. The summed E-state index contributed by atoms with van der Waals surface area (Å²) in [6.07, 6.45) is 0.468. The van der Waals surface area contributed by atoms with Gasteiger partial charge in [0.15, 0.2) is 19.8 Å². The molecule has 57 heavy (non-hydrogen) atoms. The number of aryl methyl sites for hydroxylation is 1. The molecule has 1 aliphatic rings. The molecule has 4 heterocycles. The van der Waals surface area contributed by atoms with Gasteiger partial charge in [-0.3, -0.25) is 4.90 Å². The first-order valence-electron chi connectivity index (χ1n) is 19.2. The quantitative estimate of drug-likeness (QED) is 0.159. The summed E-state index contributed by atoms with van der Waals surface area (Å²) in [5.41, 5.74) is 7.26.